The van der Waals surface area contributed by atoms with E-state index in [0.29, 0.717) is 0 Å². The molecule has 0 rings (SSSR count). The van der Waals surface area contributed by atoms with E-state index in [0.717, 1.165) is 6.92 Å². The van der Waals surface area contributed by atoms with Crippen LogP contribution in [0.25, 0.3) is 0 Å². The largest absolute Gasteiger partial charge is 0.480 e. The van der Waals surface area contributed by atoms with Gasteiger partial charge < -0.3 is 21.9 Å². The Morgan fingerprint density at radius 3 is 2.35 bits per heavy atom. The SMILES string of the molecule is CC(NC(=O)C(N)(CCCN)C(F)F)C(=O)O. The number of carboxylic acids is 1. The number of alkyl halides is 2. The van der Waals surface area contributed by atoms with Crippen LogP contribution in [0.3, 0.4) is 0 Å². The highest BCUT2D eigenvalue weighted by Crippen LogP contribution is 2.19. The van der Waals surface area contributed by atoms with Crippen LogP contribution >= 0.6 is 0 Å². The molecule has 0 spiro atoms. The van der Waals surface area contributed by atoms with E-state index >= 15 is 0 Å². The Balaban J connectivity index is 4.70. The molecule has 0 aromatic heterocycles. The molecule has 2 atom stereocenters. The predicted octanol–water partition coefficient (Wildman–Crippen LogP) is -0.723. The maximum atomic E-state index is 12.7. The summed E-state index contributed by atoms with van der Waals surface area (Å²) in [5.74, 6) is -2.51. The lowest BCUT2D eigenvalue weighted by molar-refractivity contribution is -0.144. The standard InChI is InChI=1S/C9H17F2N3O3/c1-5(6(15)16)14-8(17)9(13,7(10)11)3-2-4-12/h5,7H,2-4,12-13H2,1H3,(H,14,17)(H,15,16). The van der Waals surface area contributed by atoms with Gasteiger partial charge in [-0.3, -0.25) is 9.59 Å². The summed E-state index contributed by atoms with van der Waals surface area (Å²) >= 11 is 0. The van der Waals surface area contributed by atoms with Crippen molar-refractivity contribution in [2.45, 2.75) is 37.8 Å². The van der Waals surface area contributed by atoms with Gasteiger partial charge in [0.25, 0.3) is 6.43 Å². The first-order valence-electron chi connectivity index (χ1n) is 5.06. The van der Waals surface area contributed by atoms with E-state index in [1.54, 1.807) is 0 Å². The highest BCUT2D eigenvalue weighted by molar-refractivity contribution is 5.90. The van der Waals surface area contributed by atoms with E-state index in [2.05, 4.69) is 0 Å². The number of halogens is 2. The molecule has 0 aliphatic heterocycles. The normalized spacial score (nSPS) is 16.4. The average molecular weight is 253 g/mol. The van der Waals surface area contributed by atoms with Gasteiger partial charge in [0.2, 0.25) is 5.91 Å². The van der Waals surface area contributed by atoms with Gasteiger partial charge in [-0.2, -0.15) is 0 Å². The minimum Gasteiger partial charge on any atom is -0.480 e. The number of carbonyl (C=O) groups is 2. The number of carboxylic acid groups (broad SMARTS) is 1. The molecular weight excluding hydrogens is 236 g/mol. The van der Waals surface area contributed by atoms with Crippen molar-refractivity contribution in [3.05, 3.63) is 0 Å². The summed E-state index contributed by atoms with van der Waals surface area (Å²) < 4.78 is 25.5. The van der Waals surface area contributed by atoms with E-state index < -0.39 is 29.9 Å². The Kier molecular flexibility index (Phi) is 5.97. The monoisotopic (exact) mass is 253 g/mol. The van der Waals surface area contributed by atoms with Crippen molar-refractivity contribution in [3.63, 3.8) is 0 Å². The third kappa shape index (κ3) is 4.23. The molecule has 0 aliphatic rings. The van der Waals surface area contributed by atoms with Crippen LogP contribution in [0.2, 0.25) is 0 Å². The molecule has 100 valence electrons. The number of carbonyl (C=O) groups excluding carboxylic acids is 1. The van der Waals surface area contributed by atoms with Crippen LogP contribution in [0.4, 0.5) is 8.78 Å². The highest BCUT2D eigenvalue weighted by Gasteiger charge is 2.43. The van der Waals surface area contributed by atoms with Crippen LogP contribution in [0, 0.1) is 0 Å². The first-order valence-corrected chi connectivity index (χ1v) is 5.06. The highest BCUT2D eigenvalue weighted by atomic mass is 19.3. The van der Waals surface area contributed by atoms with Crippen molar-refractivity contribution in [3.8, 4) is 0 Å². The summed E-state index contributed by atoms with van der Waals surface area (Å²) in [6.07, 6.45) is -3.25. The predicted molar refractivity (Wildman–Crippen MR) is 56.5 cm³/mol. The molecule has 0 saturated carbocycles. The van der Waals surface area contributed by atoms with Gasteiger partial charge in [0.1, 0.15) is 6.04 Å². The number of nitrogens with one attached hydrogen (secondary N) is 1. The molecule has 0 heterocycles. The van der Waals surface area contributed by atoms with Gasteiger partial charge in [0, 0.05) is 0 Å². The van der Waals surface area contributed by atoms with Crippen molar-refractivity contribution < 1.29 is 23.5 Å². The van der Waals surface area contributed by atoms with E-state index in [1.165, 1.54) is 0 Å². The molecule has 0 aromatic carbocycles. The van der Waals surface area contributed by atoms with Crippen LogP contribution in [0.15, 0.2) is 0 Å². The molecular formula is C9H17F2N3O3. The van der Waals surface area contributed by atoms with Crippen molar-refractivity contribution in [1.29, 1.82) is 0 Å². The quantitative estimate of drug-likeness (QED) is 0.477. The second-order valence-corrected chi connectivity index (χ2v) is 3.77. The average Bonchev–Trinajstić information content (AvgIpc) is 2.24. The second-order valence-electron chi connectivity index (χ2n) is 3.77. The van der Waals surface area contributed by atoms with Gasteiger partial charge in [0.05, 0.1) is 0 Å². The van der Waals surface area contributed by atoms with Crippen LogP contribution in [-0.4, -0.2) is 41.5 Å². The van der Waals surface area contributed by atoms with Gasteiger partial charge in [-0.25, -0.2) is 8.78 Å². The summed E-state index contributed by atoms with van der Waals surface area (Å²) in [4.78, 5) is 22.0. The summed E-state index contributed by atoms with van der Waals surface area (Å²) in [7, 11) is 0. The number of aliphatic carboxylic acids is 1. The zero-order valence-corrected chi connectivity index (χ0v) is 9.45. The number of hydrogen-bond donors (Lipinski definition) is 4. The van der Waals surface area contributed by atoms with E-state index in [9.17, 15) is 18.4 Å². The Morgan fingerprint density at radius 2 is 2.00 bits per heavy atom. The molecule has 2 unspecified atom stereocenters. The van der Waals surface area contributed by atoms with Gasteiger partial charge in [0.15, 0.2) is 5.54 Å². The van der Waals surface area contributed by atoms with Crippen LogP contribution < -0.4 is 16.8 Å². The van der Waals surface area contributed by atoms with Crippen molar-refractivity contribution in [2.75, 3.05) is 6.54 Å². The van der Waals surface area contributed by atoms with Crippen molar-refractivity contribution >= 4 is 11.9 Å². The molecule has 8 heteroatoms. The van der Waals surface area contributed by atoms with Crippen molar-refractivity contribution in [2.24, 2.45) is 11.5 Å². The summed E-state index contributed by atoms with van der Waals surface area (Å²) in [6, 6.07) is -1.28. The number of hydrogen-bond acceptors (Lipinski definition) is 4. The Morgan fingerprint density at radius 1 is 1.47 bits per heavy atom. The summed E-state index contributed by atoms with van der Waals surface area (Å²) in [5, 5.41) is 10.5. The first-order chi connectivity index (χ1) is 7.75. The Labute approximate surface area is 97.3 Å². The molecule has 0 aliphatic carbocycles. The van der Waals surface area contributed by atoms with Gasteiger partial charge in [-0.1, -0.05) is 0 Å². The van der Waals surface area contributed by atoms with Crippen LogP contribution in [-0.2, 0) is 9.59 Å². The molecule has 0 saturated heterocycles. The van der Waals surface area contributed by atoms with Gasteiger partial charge in [-0.05, 0) is 26.3 Å². The number of nitrogens with two attached hydrogens (primary N) is 2. The summed E-state index contributed by atoms with van der Waals surface area (Å²) in [5.41, 5.74) is 8.07. The lowest BCUT2D eigenvalue weighted by Crippen LogP contribution is -2.61. The molecule has 6 N–H and O–H groups in total. The fourth-order valence-corrected chi connectivity index (χ4v) is 1.11. The summed E-state index contributed by atoms with van der Waals surface area (Å²) in [6.45, 7) is 1.28. The van der Waals surface area contributed by atoms with Crippen molar-refractivity contribution in [1.82, 2.24) is 5.32 Å². The third-order valence-electron chi connectivity index (χ3n) is 2.32. The molecule has 17 heavy (non-hydrogen) atoms. The fourth-order valence-electron chi connectivity index (χ4n) is 1.11. The smallest absolute Gasteiger partial charge is 0.325 e. The maximum absolute atomic E-state index is 12.7. The maximum Gasteiger partial charge on any atom is 0.325 e. The van der Waals surface area contributed by atoms with Gasteiger partial charge >= 0.3 is 5.97 Å². The molecule has 0 fully saturated rings. The molecule has 0 bridgehead atoms. The number of amides is 1. The first kappa shape index (κ1) is 15.7. The minimum atomic E-state index is -3.09. The molecule has 0 aromatic rings. The Hall–Kier alpha value is -1.28. The number of rotatable bonds is 7. The topological polar surface area (TPSA) is 118 Å². The minimum absolute atomic E-state index is 0.118. The molecule has 0 radical (unpaired) electrons. The Bertz CT molecular complexity index is 289. The molecule has 6 nitrogen and oxygen atoms in total. The zero-order valence-electron chi connectivity index (χ0n) is 9.45. The van der Waals surface area contributed by atoms with Crippen LogP contribution in [0.1, 0.15) is 19.8 Å². The second kappa shape index (κ2) is 6.45. The third-order valence-corrected chi connectivity index (χ3v) is 2.32. The van der Waals surface area contributed by atoms with Gasteiger partial charge in [-0.15, -0.1) is 0 Å². The zero-order chi connectivity index (χ0) is 13.6. The van der Waals surface area contributed by atoms with E-state index in [-0.39, 0.29) is 19.4 Å². The lowest BCUT2D eigenvalue weighted by atomic mass is 9.93. The van der Waals surface area contributed by atoms with Crippen LogP contribution in [0.5, 0.6) is 0 Å². The molecule has 1 amide bonds. The lowest BCUT2D eigenvalue weighted by Gasteiger charge is -2.28. The van der Waals surface area contributed by atoms with E-state index in [4.69, 9.17) is 16.6 Å². The fraction of sp³-hybridized carbons (Fsp3) is 0.778. The van der Waals surface area contributed by atoms with E-state index in [1.807, 2.05) is 5.32 Å².